The van der Waals surface area contributed by atoms with Gasteiger partial charge in [-0.05, 0) is 24.3 Å². The van der Waals surface area contributed by atoms with Gasteiger partial charge in [-0.2, -0.15) is 9.41 Å². The highest BCUT2D eigenvalue weighted by Crippen LogP contribution is 2.27. The number of carbonyl (C=O) groups is 1. The Kier molecular flexibility index (Phi) is 6.67. The molecule has 0 unspecified atom stereocenters. The zero-order valence-electron chi connectivity index (χ0n) is 14.1. The number of nitrogens with zero attached hydrogens (tertiary/aromatic N) is 3. The highest BCUT2D eigenvalue weighted by atomic mass is 35.5. The Bertz CT molecular complexity index is 904. The highest BCUT2D eigenvalue weighted by Gasteiger charge is 2.23. The summed E-state index contributed by atoms with van der Waals surface area (Å²) in [4.78, 5) is 15.8. The number of sulfonamides is 1. The third-order valence-electron chi connectivity index (χ3n) is 3.28. The number of ether oxygens (including phenoxy) is 1. The van der Waals surface area contributed by atoms with Gasteiger partial charge in [-0.15, -0.1) is 0 Å². The minimum atomic E-state index is -3.89. The van der Waals surface area contributed by atoms with Gasteiger partial charge in [-0.25, -0.2) is 13.8 Å². The molecular formula is C16H17ClN4O4S. The number of halogens is 1. The number of pyridine rings is 1. The van der Waals surface area contributed by atoms with Crippen molar-refractivity contribution in [2.45, 2.75) is 4.90 Å². The van der Waals surface area contributed by atoms with Crippen LogP contribution < -0.4 is 10.2 Å². The molecule has 1 aromatic heterocycles. The molecule has 1 N–H and O–H groups in total. The Morgan fingerprint density at radius 2 is 2.19 bits per heavy atom. The van der Waals surface area contributed by atoms with Gasteiger partial charge in [0.15, 0.2) is 0 Å². The summed E-state index contributed by atoms with van der Waals surface area (Å²) in [7, 11) is -1.17. The molecule has 1 heterocycles. The van der Waals surface area contributed by atoms with Crippen molar-refractivity contribution in [1.82, 2.24) is 14.7 Å². The second-order valence-corrected chi connectivity index (χ2v) is 7.59. The van der Waals surface area contributed by atoms with Crippen LogP contribution in [0.25, 0.3) is 0 Å². The van der Waals surface area contributed by atoms with Crippen LogP contribution in [0.15, 0.2) is 52.7 Å². The van der Waals surface area contributed by atoms with E-state index in [1.165, 1.54) is 38.6 Å². The average molecular weight is 397 g/mol. The van der Waals surface area contributed by atoms with Gasteiger partial charge < -0.3 is 4.74 Å². The molecule has 0 saturated heterocycles. The van der Waals surface area contributed by atoms with E-state index in [1.807, 2.05) is 0 Å². The quantitative estimate of drug-likeness (QED) is 0.564. The molecule has 2 aromatic rings. The maximum atomic E-state index is 12.5. The van der Waals surface area contributed by atoms with Crippen LogP contribution in [-0.2, 0) is 14.8 Å². The van der Waals surface area contributed by atoms with Crippen LogP contribution in [0.4, 0.5) is 0 Å². The zero-order chi connectivity index (χ0) is 19.2. The second kappa shape index (κ2) is 8.75. The van der Waals surface area contributed by atoms with Crippen LogP contribution >= 0.6 is 11.6 Å². The fourth-order valence-corrected chi connectivity index (χ4v) is 3.42. The summed E-state index contributed by atoms with van der Waals surface area (Å²) in [5.74, 6) is -0.230. The molecule has 138 valence electrons. The van der Waals surface area contributed by atoms with Crippen molar-refractivity contribution in [2.75, 3.05) is 20.7 Å². The number of hydrazone groups is 1. The third-order valence-corrected chi connectivity index (χ3v) is 5.38. The first-order chi connectivity index (χ1) is 12.3. The number of hydrogen-bond donors (Lipinski definition) is 1. The standard InChI is InChI=1S/C16H17ClN4O4S/c1-21(11-16(22)20-19-10-12-4-3-7-18-9-12)26(23,24)13-5-6-15(25-2)14(17)8-13/h3-10H,11H2,1-2H3,(H,20,22). The predicted molar refractivity (Wildman–Crippen MR) is 97.8 cm³/mol. The minimum absolute atomic E-state index is 0.0440. The largest absolute Gasteiger partial charge is 0.495 e. The molecule has 0 spiro atoms. The predicted octanol–water partition coefficient (Wildman–Crippen LogP) is 1.51. The summed E-state index contributed by atoms with van der Waals surface area (Å²) in [6.45, 7) is -0.406. The van der Waals surface area contributed by atoms with Crippen LogP contribution in [0.2, 0.25) is 5.02 Å². The molecule has 0 aliphatic rings. The molecule has 8 nitrogen and oxygen atoms in total. The summed E-state index contributed by atoms with van der Waals surface area (Å²) in [5.41, 5.74) is 2.96. The molecular weight excluding hydrogens is 380 g/mol. The van der Waals surface area contributed by atoms with Crippen LogP contribution in [0.3, 0.4) is 0 Å². The van der Waals surface area contributed by atoms with Gasteiger partial charge in [0, 0.05) is 25.0 Å². The molecule has 1 aromatic carbocycles. The van der Waals surface area contributed by atoms with Gasteiger partial charge in [0.25, 0.3) is 5.91 Å². The first-order valence-electron chi connectivity index (χ1n) is 7.36. The van der Waals surface area contributed by atoms with Crippen LogP contribution in [0.5, 0.6) is 5.75 Å². The fourth-order valence-electron chi connectivity index (χ4n) is 1.94. The van der Waals surface area contributed by atoms with Crippen LogP contribution in [0.1, 0.15) is 5.56 Å². The number of amides is 1. The van der Waals surface area contributed by atoms with Crippen LogP contribution in [0, 0.1) is 0 Å². The van der Waals surface area contributed by atoms with E-state index >= 15 is 0 Å². The zero-order valence-corrected chi connectivity index (χ0v) is 15.7. The van der Waals surface area contributed by atoms with Crippen molar-refractivity contribution in [2.24, 2.45) is 5.10 Å². The van der Waals surface area contributed by atoms with Gasteiger partial charge in [0.2, 0.25) is 10.0 Å². The third kappa shape index (κ3) is 5.01. The Morgan fingerprint density at radius 1 is 1.42 bits per heavy atom. The lowest BCUT2D eigenvalue weighted by atomic mass is 10.3. The van der Waals surface area contributed by atoms with Crippen molar-refractivity contribution in [3.05, 3.63) is 53.3 Å². The summed E-state index contributed by atoms with van der Waals surface area (Å²) in [6.07, 6.45) is 4.59. The van der Waals surface area contributed by atoms with E-state index in [-0.39, 0.29) is 9.92 Å². The molecule has 0 atom stereocenters. The topological polar surface area (TPSA) is 101 Å². The van der Waals surface area contributed by atoms with Crippen LogP contribution in [-0.4, -0.2) is 50.5 Å². The molecule has 1 amide bonds. The van der Waals surface area contributed by atoms with E-state index in [2.05, 4.69) is 15.5 Å². The van der Waals surface area contributed by atoms with E-state index in [1.54, 1.807) is 24.5 Å². The molecule has 10 heteroatoms. The van der Waals surface area contributed by atoms with Gasteiger partial charge >= 0.3 is 0 Å². The van der Waals surface area contributed by atoms with E-state index in [0.29, 0.717) is 11.3 Å². The van der Waals surface area contributed by atoms with Gasteiger partial charge in [0.05, 0.1) is 29.8 Å². The molecule has 0 radical (unpaired) electrons. The lowest BCUT2D eigenvalue weighted by Gasteiger charge is -2.16. The van der Waals surface area contributed by atoms with Gasteiger partial charge in [0.1, 0.15) is 5.75 Å². The average Bonchev–Trinajstić information content (AvgIpc) is 2.62. The molecule has 0 aliphatic heterocycles. The van der Waals surface area contributed by atoms with Crippen molar-refractivity contribution in [3.63, 3.8) is 0 Å². The fraction of sp³-hybridized carbons (Fsp3) is 0.188. The van der Waals surface area contributed by atoms with Gasteiger partial charge in [-0.3, -0.25) is 9.78 Å². The maximum absolute atomic E-state index is 12.5. The van der Waals surface area contributed by atoms with Gasteiger partial charge in [-0.1, -0.05) is 17.7 Å². The lowest BCUT2D eigenvalue weighted by molar-refractivity contribution is -0.121. The molecule has 2 rings (SSSR count). The molecule has 0 fully saturated rings. The normalized spacial score (nSPS) is 11.7. The number of aromatic nitrogens is 1. The number of rotatable bonds is 7. The Balaban J connectivity index is 2.01. The van der Waals surface area contributed by atoms with Crippen molar-refractivity contribution in [3.8, 4) is 5.75 Å². The van der Waals surface area contributed by atoms with Crippen molar-refractivity contribution >= 4 is 33.7 Å². The van der Waals surface area contributed by atoms with Crippen molar-refractivity contribution in [1.29, 1.82) is 0 Å². The van der Waals surface area contributed by atoms with E-state index in [4.69, 9.17) is 16.3 Å². The summed E-state index contributed by atoms with van der Waals surface area (Å²) >= 11 is 5.96. The number of nitrogens with one attached hydrogen (secondary N) is 1. The van der Waals surface area contributed by atoms with E-state index < -0.39 is 22.5 Å². The number of hydrogen-bond acceptors (Lipinski definition) is 6. The number of benzene rings is 1. The van der Waals surface area contributed by atoms with Crippen molar-refractivity contribution < 1.29 is 17.9 Å². The Morgan fingerprint density at radius 3 is 2.81 bits per heavy atom. The van der Waals surface area contributed by atoms with E-state index in [9.17, 15) is 13.2 Å². The smallest absolute Gasteiger partial charge is 0.255 e. The summed E-state index contributed by atoms with van der Waals surface area (Å²) < 4.78 is 30.9. The minimum Gasteiger partial charge on any atom is -0.495 e. The SMILES string of the molecule is COc1ccc(S(=O)(=O)N(C)CC(=O)NN=Cc2cccnc2)cc1Cl. The lowest BCUT2D eigenvalue weighted by Crippen LogP contribution is -2.36. The molecule has 0 saturated carbocycles. The summed E-state index contributed by atoms with van der Waals surface area (Å²) in [6, 6.07) is 7.55. The monoisotopic (exact) mass is 396 g/mol. The first-order valence-corrected chi connectivity index (χ1v) is 9.18. The Labute approximate surface area is 156 Å². The highest BCUT2D eigenvalue weighted by molar-refractivity contribution is 7.89. The molecule has 0 bridgehead atoms. The molecule has 0 aliphatic carbocycles. The number of likely N-dealkylation sites (N-methyl/N-ethyl adjacent to an activating group) is 1. The Hall–Kier alpha value is -2.49. The summed E-state index contributed by atoms with van der Waals surface area (Å²) in [5, 5.41) is 3.92. The second-order valence-electron chi connectivity index (χ2n) is 5.14. The first kappa shape index (κ1) is 19.8. The maximum Gasteiger partial charge on any atom is 0.255 e. The van der Waals surface area contributed by atoms with E-state index in [0.717, 1.165) is 4.31 Å². The number of carbonyl (C=O) groups excluding carboxylic acids is 1. The molecule has 26 heavy (non-hydrogen) atoms. The number of methoxy groups -OCH3 is 1.